The van der Waals surface area contributed by atoms with E-state index in [1.807, 2.05) is 0 Å². The zero-order valence-electron chi connectivity index (χ0n) is 12.3. The van der Waals surface area contributed by atoms with Crippen LogP contribution in [-0.2, 0) is 0 Å². The van der Waals surface area contributed by atoms with E-state index in [4.69, 9.17) is 16.3 Å². The molecule has 0 bridgehead atoms. The molecular weight excluding hydrogens is 290 g/mol. The third-order valence-corrected chi connectivity index (χ3v) is 4.38. The molecule has 2 rings (SSSR count). The molecule has 0 heterocycles. The minimum absolute atomic E-state index is 0.128. The summed E-state index contributed by atoms with van der Waals surface area (Å²) in [6.45, 7) is 0.618. The van der Waals surface area contributed by atoms with Crippen LogP contribution in [0.1, 0.15) is 42.5 Å². The second kappa shape index (κ2) is 7.66. The number of halogens is 1. The molecule has 1 fully saturated rings. The van der Waals surface area contributed by atoms with Crippen molar-refractivity contribution < 1.29 is 14.6 Å². The standard InChI is InChI=1S/C16H22ClNO3/c1-21-15-10-12(7-8-13(15)17)16(20)18-9-3-5-11-4-2-6-14(11)19/h7-8,10-11,14,19H,2-6,9H2,1H3,(H,18,20). The normalized spacial score (nSPS) is 21.3. The van der Waals surface area contributed by atoms with Crippen molar-refractivity contribution >= 4 is 17.5 Å². The summed E-state index contributed by atoms with van der Waals surface area (Å²) in [5.41, 5.74) is 0.539. The van der Waals surface area contributed by atoms with Gasteiger partial charge in [0.25, 0.3) is 5.91 Å². The molecule has 1 aliphatic carbocycles. The molecule has 0 aromatic heterocycles. The van der Waals surface area contributed by atoms with E-state index in [1.54, 1.807) is 18.2 Å². The lowest BCUT2D eigenvalue weighted by Gasteiger charge is -2.14. The lowest BCUT2D eigenvalue weighted by Crippen LogP contribution is -2.25. The van der Waals surface area contributed by atoms with Gasteiger partial charge in [-0.3, -0.25) is 4.79 Å². The number of hydrogen-bond acceptors (Lipinski definition) is 3. The third-order valence-electron chi connectivity index (χ3n) is 4.07. The quantitative estimate of drug-likeness (QED) is 0.794. The molecule has 1 amide bonds. The molecule has 1 saturated carbocycles. The third kappa shape index (κ3) is 4.35. The minimum atomic E-state index is -0.152. The maximum atomic E-state index is 12.0. The van der Waals surface area contributed by atoms with Gasteiger partial charge >= 0.3 is 0 Å². The molecule has 0 spiro atoms. The molecule has 1 aromatic rings. The van der Waals surface area contributed by atoms with E-state index in [1.165, 1.54) is 7.11 Å². The Labute approximate surface area is 130 Å². The molecule has 2 N–H and O–H groups in total. The molecule has 0 saturated heterocycles. The van der Waals surface area contributed by atoms with Crippen molar-refractivity contribution in [2.45, 2.75) is 38.2 Å². The molecule has 1 aliphatic rings. The summed E-state index contributed by atoms with van der Waals surface area (Å²) in [4.78, 5) is 12.0. The van der Waals surface area contributed by atoms with Crippen LogP contribution in [0, 0.1) is 5.92 Å². The number of aliphatic hydroxyl groups is 1. The molecule has 1 aromatic carbocycles. The van der Waals surface area contributed by atoms with Crippen molar-refractivity contribution in [2.24, 2.45) is 5.92 Å². The van der Waals surface area contributed by atoms with Crippen LogP contribution >= 0.6 is 11.6 Å². The predicted octanol–water partition coefficient (Wildman–Crippen LogP) is 3.02. The lowest BCUT2D eigenvalue weighted by atomic mass is 10.00. The summed E-state index contributed by atoms with van der Waals surface area (Å²) in [5, 5.41) is 13.1. The number of amides is 1. The van der Waals surface area contributed by atoms with Crippen molar-refractivity contribution in [1.29, 1.82) is 0 Å². The Morgan fingerprint density at radius 1 is 1.48 bits per heavy atom. The van der Waals surface area contributed by atoms with Crippen LogP contribution in [0.25, 0.3) is 0 Å². The van der Waals surface area contributed by atoms with Crippen molar-refractivity contribution in [2.75, 3.05) is 13.7 Å². The summed E-state index contributed by atoms with van der Waals surface area (Å²) in [5.74, 6) is 0.771. The summed E-state index contributed by atoms with van der Waals surface area (Å²) >= 11 is 5.93. The molecule has 5 heteroatoms. The fourth-order valence-electron chi connectivity index (χ4n) is 2.82. The zero-order valence-corrected chi connectivity index (χ0v) is 13.0. The van der Waals surface area contributed by atoms with Crippen molar-refractivity contribution in [3.63, 3.8) is 0 Å². The fraction of sp³-hybridized carbons (Fsp3) is 0.562. The minimum Gasteiger partial charge on any atom is -0.495 e. The molecule has 2 atom stereocenters. The Bertz CT molecular complexity index is 492. The maximum absolute atomic E-state index is 12.0. The van der Waals surface area contributed by atoms with E-state index in [-0.39, 0.29) is 12.0 Å². The van der Waals surface area contributed by atoms with E-state index in [0.29, 0.717) is 28.8 Å². The van der Waals surface area contributed by atoms with Crippen LogP contribution in [0.15, 0.2) is 18.2 Å². The largest absolute Gasteiger partial charge is 0.495 e. The number of rotatable bonds is 6. The van der Waals surface area contributed by atoms with Gasteiger partial charge in [-0.25, -0.2) is 0 Å². The Hall–Kier alpha value is -1.26. The number of methoxy groups -OCH3 is 1. The number of ether oxygens (including phenoxy) is 1. The van der Waals surface area contributed by atoms with Crippen LogP contribution < -0.4 is 10.1 Å². The predicted molar refractivity (Wildman–Crippen MR) is 82.9 cm³/mol. The molecule has 2 unspecified atom stereocenters. The summed E-state index contributed by atoms with van der Waals surface area (Å²) in [7, 11) is 1.52. The van der Waals surface area contributed by atoms with Crippen LogP contribution in [0.5, 0.6) is 5.75 Å². The van der Waals surface area contributed by atoms with E-state index >= 15 is 0 Å². The fourth-order valence-corrected chi connectivity index (χ4v) is 3.02. The Balaban J connectivity index is 1.76. The molecule has 116 valence electrons. The van der Waals surface area contributed by atoms with E-state index in [2.05, 4.69) is 5.32 Å². The Morgan fingerprint density at radius 3 is 2.95 bits per heavy atom. The van der Waals surface area contributed by atoms with Crippen molar-refractivity contribution in [3.8, 4) is 5.75 Å². The van der Waals surface area contributed by atoms with Gasteiger partial charge in [-0.2, -0.15) is 0 Å². The molecule has 0 radical (unpaired) electrons. The van der Waals surface area contributed by atoms with Crippen molar-refractivity contribution in [1.82, 2.24) is 5.32 Å². The van der Waals surface area contributed by atoms with Crippen LogP contribution in [-0.4, -0.2) is 30.8 Å². The number of carbonyl (C=O) groups excluding carboxylic acids is 1. The summed E-state index contributed by atoms with van der Waals surface area (Å²) in [6.07, 6.45) is 4.83. The van der Waals surface area contributed by atoms with Gasteiger partial charge in [0.1, 0.15) is 5.75 Å². The van der Waals surface area contributed by atoms with Gasteiger partial charge in [-0.05, 0) is 49.8 Å². The van der Waals surface area contributed by atoms with E-state index < -0.39 is 0 Å². The average Bonchev–Trinajstić information content (AvgIpc) is 2.89. The topological polar surface area (TPSA) is 58.6 Å². The highest BCUT2D eigenvalue weighted by atomic mass is 35.5. The molecule has 21 heavy (non-hydrogen) atoms. The summed E-state index contributed by atoms with van der Waals surface area (Å²) in [6, 6.07) is 4.98. The zero-order chi connectivity index (χ0) is 15.2. The second-order valence-electron chi connectivity index (χ2n) is 5.51. The van der Waals surface area contributed by atoms with Gasteiger partial charge in [0.2, 0.25) is 0 Å². The summed E-state index contributed by atoms with van der Waals surface area (Å²) < 4.78 is 5.10. The number of carbonyl (C=O) groups is 1. The Morgan fingerprint density at radius 2 is 2.29 bits per heavy atom. The van der Waals surface area contributed by atoms with Gasteiger partial charge in [-0.15, -0.1) is 0 Å². The highest BCUT2D eigenvalue weighted by Gasteiger charge is 2.24. The van der Waals surface area contributed by atoms with Gasteiger partial charge in [0.05, 0.1) is 18.2 Å². The second-order valence-corrected chi connectivity index (χ2v) is 5.91. The number of nitrogens with one attached hydrogen (secondary N) is 1. The highest BCUT2D eigenvalue weighted by molar-refractivity contribution is 6.32. The molecule has 4 nitrogen and oxygen atoms in total. The Kier molecular flexibility index (Phi) is 5.88. The van der Waals surface area contributed by atoms with Crippen LogP contribution in [0.2, 0.25) is 5.02 Å². The first-order chi connectivity index (χ1) is 10.1. The smallest absolute Gasteiger partial charge is 0.251 e. The molecular formula is C16H22ClNO3. The van der Waals surface area contributed by atoms with E-state index in [9.17, 15) is 9.90 Å². The first-order valence-corrected chi connectivity index (χ1v) is 7.79. The number of benzene rings is 1. The first kappa shape index (κ1) is 16.1. The SMILES string of the molecule is COc1cc(C(=O)NCCCC2CCCC2O)ccc1Cl. The maximum Gasteiger partial charge on any atom is 0.251 e. The van der Waals surface area contributed by atoms with Crippen molar-refractivity contribution in [3.05, 3.63) is 28.8 Å². The number of aliphatic hydroxyl groups excluding tert-OH is 1. The first-order valence-electron chi connectivity index (χ1n) is 7.41. The van der Waals surface area contributed by atoms with Crippen LogP contribution in [0.4, 0.5) is 0 Å². The highest BCUT2D eigenvalue weighted by Crippen LogP contribution is 2.29. The lowest BCUT2D eigenvalue weighted by molar-refractivity contribution is 0.0949. The molecule has 0 aliphatic heterocycles. The monoisotopic (exact) mass is 311 g/mol. The van der Waals surface area contributed by atoms with Gasteiger partial charge < -0.3 is 15.2 Å². The van der Waals surface area contributed by atoms with Crippen LogP contribution in [0.3, 0.4) is 0 Å². The van der Waals surface area contributed by atoms with Gasteiger partial charge in [0, 0.05) is 12.1 Å². The van der Waals surface area contributed by atoms with E-state index in [0.717, 1.165) is 32.1 Å². The van der Waals surface area contributed by atoms with Gasteiger partial charge in [-0.1, -0.05) is 18.0 Å². The van der Waals surface area contributed by atoms with Gasteiger partial charge in [0.15, 0.2) is 0 Å². The average molecular weight is 312 g/mol. The number of hydrogen-bond donors (Lipinski definition) is 2.